The number of hydrogen-bond acceptors (Lipinski definition) is 4. The van der Waals surface area contributed by atoms with Gasteiger partial charge >= 0.3 is 5.97 Å². The lowest BCUT2D eigenvalue weighted by atomic mass is 9.89. The van der Waals surface area contributed by atoms with Crippen LogP contribution in [0.25, 0.3) is 21.9 Å². The zero-order valence-corrected chi connectivity index (χ0v) is 16.9. The van der Waals surface area contributed by atoms with Gasteiger partial charge in [0, 0.05) is 12.2 Å². The monoisotopic (exact) mass is 390 g/mol. The molecule has 0 aromatic heterocycles. The van der Waals surface area contributed by atoms with Crippen LogP contribution in [0.1, 0.15) is 36.6 Å². The Morgan fingerprint density at radius 1 is 1.03 bits per heavy atom. The highest BCUT2D eigenvalue weighted by molar-refractivity contribution is 5.96. The van der Waals surface area contributed by atoms with Crippen molar-refractivity contribution < 1.29 is 19.0 Å². The molecular weight excluding hydrogens is 364 g/mol. The van der Waals surface area contributed by atoms with Gasteiger partial charge in [0.1, 0.15) is 0 Å². The molecule has 150 valence electrons. The van der Waals surface area contributed by atoms with E-state index in [2.05, 4.69) is 36.4 Å². The minimum Gasteiger partial charge on any atom is -0.464 e. The predicted octanol–water partition coefficient (Wildman–Crippen LogP) is 5.22. The van der Waals surface area contributed by atoms with E-state index in [0.717, 1.165) is 40.5 Å². The molecule has 0 amide bonds. The highest BCUT2D eigenvalue weighted by Crippen LogP contribution is 2.38. The predicted molar refractivity (Wildman–Crippen MR) is 114 cm³/mol. The van der Waals surface area contributed by atoms with Crippen LogP contribution in [0.3, 0.4) is 0 Å². The average Bonchev–Trinajstić information content (AvgIpc) is 2.76. The van der Waals surface area contributed by atoms with Crippen LogP contribution in [0, 0.1) is 0 Å². The van der Waals surface area contributed by atoms with E-state index in [0.29, 0.717) is 19.8 Å². The number of carbonyl (C=O) groups excluding carboxylic acids is 1. The van der Waals surface area contributed by atoms with Gasteiger partial charge in [-0.05, 0) is 53.3 Å². The van der Waals surface area contributed by atoms with Crippen LogP contribution in [-0.4, -0.2) is 25.8 Å². The highest BCUT2D eigenvalue weighted by Gasteiger charge is 2.28. The molecule has 1 heterocycles. The molecular formula is C25H26O4. The lowest BCUT2D eigenvalue weighted by molar-refractivity contribution is -0.156. The van der Waals surface area contributed by atoms with Crippen LogP contribution >= 0.6 is 0 Å². The molecule has 0 bridgehead atoms. The van der Waals surface area contributed by atoms with Gasteiger partial charge in [0.05, 0.1) is 19.8 Å². The lowest BCUT2D eigenvalue weighted by Gasteiger charge is -2.23. The standard InChI is InChI=1S/C25H26O4/c1-3-28-24(25(26)29-4-2)23-21-8-6-5-7-17(21)11-12-22(23)19-9-10-20-16-27-14-13-18(20)15-19/h5-12,15,24H,3-4,13-14,16H2,1-2H3. The molecule has 0 radical (unpaired) electrons. The number of benzene rings is 3. The number of rotatable bonds is 6. The van der Waals surface area contributed by atoms with E-state index in [1.807, 2.05) is 32.0 Å². The van der Waals surface area contributed by atoms with E-state index in [-0.39, 0.29) is 5.97 Å². The summed E-state index contributed by atoms with van der Waals surface area (Å²) in [6, 6.07) is 18.7. The zero-order valence-electron chi connectivity index (χ0n) is 16.9. The second-order valence-electron chi connectivity index (χ2n) is 7.12. The van der Waals surface area contributed by atoms with Crippen LogP contribution in [0.5, 0.6) is 0 Å². The first-order valence-electron chi connectivity index (χ1n) is 10.2. The quantitative estimate of drug-likeness (QED) is 0.541. The second-order valence-corrected chi connectivity index (χ2v) is 7.12. The van der Waals surface area contributed by atoms with Crippen LogP contribution in [0.15, 0.2) is 54.6 Å². The van der Waals surface area contributed by atoms with Crippen LogP contribution in [0.4, 0.5) is 0 Å². The van der Waals surface area contributed by atoms with E-state index in [1.54, 1.807) is 0 Å². The minimum absolute atomic E-state index is 0.321. The van der Waals surface area contributed by atoms with Crippen molar-refractivity contribution in [1.29, 1.82) is 0 Å². The van der Waals surface area contributed by atoms with E-state index >= 15 is 0 Å². The van der Waals surface area contributed by atoms with E-state index in [9.17, 15) is 4.79 Å². The molecule has 1 aliphatic heterocycles. The van der Waals surface area contributed by atoms with E-state index in [1.165, 1.54) is 11.1 Å². The number of carbonyl (C=O) groups is 1. The van der Waals surface area contributed by atoms with Crippen molar-refractivity contribution >= 4 is 16.7 Å². The number of hydrogen-bond donors (Lipinski definition) is 0. The molecule has 0 N–H and O–H groups in total. The van der Waals surface area contributed by atoms with Gasteiger partial charge in [-0.25, -0.2) is 4.79 Å². The Labute approximate surface area is 171 Å². The summed E-state index contributed by atoms with van der Waals surface area (Å²) in [4.78, 5) is 12.8. The first-order chi connectivity index (χ1) is 14.2. The molecule has 3 aromatic carbocycles. The Hall–Kier alpha value is -2.69. The van der Waals surface area contributed by atoms with Gasteiger partial charge in [0.25, 0.3) is 0 Å². The highest BCUT2D eigenvalue weighted by atomic mass is 16.6. The van der Waals surface area contributed by atoms with Gasteiger partial charge < -0.3 is 14.2 Å². The second kappa shape index (κ2) is 8.76. The maximum absolute atomic E-state index is 12.8. The fraction of sp³-hybridized carbons (Fsp3) is 0.320. The molecule has 1 aliphatic rings. The topological polar surface area (TPSA) is 44.8 Å². The fourth-order valence-corrected chi connectivity index (χ4v) is 4.01. The largest absolute Gasteiger partial charge is 0.464 e. The van der Waals surface area contributed by atoms with Gasteiger partial charge in [-0.1, -0.05) is 54.6 Å². The molecule has 0 saturated heterocycles. The number of fused-ring (bicyclic) bond motifs is 2. The summed E-state index contributed by atoms with van der Waals surface area (Å²) in [5, 5.41) is 2.09. The first-order valence-corrected chi connectivity index (χ1v) is 10.2. The Morgan fingerprint density at radius 3 is 2.72 bits per heavy atom. The van der Waals surface area contributed by atoms with Crippen molar-refractivity contribution in [1.82, 2.24) is 0 Å². The lowest BCUT2D eigenvalue weighted by Crippen LogP contribution is -2.20. The third-order valence-corrected chi connectivity index (χ3v) is 5.36. The Balaban J connectivity index is 1.92. The molecule has 0 saturated carbocycles. The third kappa shape index (κ3) is 3.91. The molecule has 29 heavy (non-hydrogen) atoms. The Bertz CT molecular complexity index is 1020. The van der Waals surface area contributed by atoms with Crippen LogP contribution in [0.2, 0.25) is 0 Å². The summed E-state index contributed by atoms with van der Waals surface area (Å²) in [5.41, 5.74) is 5.49. The fourth-order valence-electron chi connectivity index (χ4n) is 4.01. The summed E-state index contributed by atoms with van der Waals surface area (Å²) in [6.45, 7) is 5.86. The smallest absolute Gasteiger partial charge is 0.339 e. The van der Waals surface area contributed by atoms with E-state index in [4.69, 9.17) is 14.2 Å². The summed E-state index contributed by atoms with van der Waals surface area (Å²) in [5.74, 6) is -0.349. The van der Waals surface area contributed by atoms with Gasteiger partial charge in [0.2, 0.25) is 0 Å². The molecule has 4 heteroatoms. The van der Waals surface area contributed by atoms with Gasteiger partial charge in [-0.3, -0.25) is 0 Å². The zero-order chi connectivity index (χ0) is 20.2. The normalized spacial score (nSPS) is 14.4. The van der Waals surface area contributed by atoms with E-state index < -0.39 is 6.10 Å². The molecule has 1 unspecified atom stereocenters. The van der Waals surface area contributed by atoms with Crippen LogP contribution in [-0.2, 0) is 32.0 Å². The molecule has 4 rings (SSSR count). The molecule has 4 nitrogen and oxygen atoms in total. The SMILES string of the molecule is CCOC(=O)C(OCC)c1c(-c2ccc3c(c2)CCOC3)ccc2ccccc12. The first kappa shape index (κ1) is 19.6. The minimum atomic E-state index is -0.764. The third-order valence-electron chi connectivity index (χ3n) is 5.36. The molecule has 3 aromatic rings. The van der Waals surface area contributed by atoms with Crippen molar-refractivity contribution in [3.05, 3.63) is 71.3 Å². The Kier molecular flexibility index (Phi) is 5.93. The van der Waals surface area contributed by atoms with Crippen molar-refractivity contribution in [2.24, 2.45) is 0 Å². The Morgan fingerprint density at radius 2 is 1.90 bits per heavy atom. The summed E-state index contributed by atoms with van der Waals surface area (Å²) in [6.07, 6.45) is 0.138. The summed E-state index contributed by atoms with van der Waals surface area (Å²) in [7, 11) is 0. The van der Waals surface area contributed by atoms with Crippen molar-refractivity contribution in [3.8, 4) is 11.1 Å². The molecule has 1 atom stereocenters. The van der Waals surface area contributed by atoms with Gasteiger partial charge in [-0.15, -0.1) is 0 Å². The average molecular weight is 390 g/mol. The van der Waals surface area contributed by atoms with Crippen molar-refractivity contribution in [2.45, 2.75) is 33.0 Å². The van der Waals surface area contributed by atoms with Gasteiger partial charge in [-0.2, -0.15) is 0 Å². The molecule has 0 spiro atoms. The van der Waals surface area contributed by atoms with Gasteiger partial charge in [0.15, 0.2) is 6.10 Å². The number of esters is 1. The summed E-state index contributed by atoms with van der Waals surface area (Å²) >= 11 is 0. The molecule has 0 fully saturated rings. The van der Waals surface area contributed by atoms with Crippen molar-refractivity contribution in [2.75, 3.05) is 19.8 Å². The summed E-state index contributed by atoms with van der Waals surface area (Å²) < 4.78 is 16.9. The maximum atomic E-state index is 12.8. The number of ether oxygens (including phenoxy) is 3. The van der Waals surface area contributed by atoms with Crippen LogP contribution < -0.4 is 0 Å². The van der Waals surface area contributed by atoms with Crippen molar-refractivity contribution in [3.63, 3.8) is 0 Å². The maximum Gasteiger partial charge on any atom is 0.339 e. The molecule has 0 aliphatic carbocycles.